The van der Waals surface area contributed by atoms with Crippen molar-refractivity contribution in [1.82, 2.24) is 9.55 Å². The van der Waals surface area contributed by atoms with E-state index >= 15 is 0 Å². The predicted molar refractivity (Wildman–Crippen MR) is 133 cm³/mol. The maximum Gasteiger partial charge on any atom is 0.412 e. The Labute approximate surface area is 222 Å². The van der Waals surface area contributed by atoms with Crippen LogP contribution in [0.3, 0.4) is 0 Å². The molecular formula is C25H30F2N4O8. The molecule has 1 aromatic heterocycles. The highest BCUT2D eigenvalue weighted by Gasteiger charge is 2.52. The van der Waals surface area contributed by atoms with E-state index < -0.39 is 49.0 Å². The van der Waals surface area contributed by atoms with Crippen molar-refractivity contribution in [3.05, 3.63) is 53.1 Å². The second-order valence-corrected chi connectivity index (χ2v) is 8.64. The third kappa shape index (κ3) is 9.41. The third-order valence-electron chi connectivity index (χ3n) is 5.54. The normalized spacial score (nSPS) is 17.8. The topological polar surface area (TPSA) is 147 Å². The number of unbranched alkanes of at least 4 members (excludes halogenated alkanes) is 1. The Bertz CT molecular complexity index is 1180. The van der Waals surface area contributed by atoms with E-state index in [1.807, 2.05) is 6.07 Å². The van der Waals surface area contributed by atoms with E-state index in [4.69, 9.17) is 18.9 Å². The van der Waals surface area contributed by atoms with E-state index in [-0.39, 0.29) is 37.8 Å². The van der Waals surface area contributed by atoms with Crippen molar-refractivity contribution in [2.45, 2.75) is 50.4 Å². The number of ether oxygens (including phenoxy) is 4. The fourth-order valence-electron chi connectivity index (χ4n) is 3.68. The molecule has 0 unspecified atom stereocenters. The molecule has 14 heteroatoms. The number of nitrogens with zero attached hydrogens (tertiary/aromatic N) is 2. The number of methoxy groups -OCH3 is 1. The number of carbonyl (C=O) groups is 3. The van der Waals surface area contributed by atoms with E-state index in [0.717, 1.165) is 12.3 Å². The van der Waals surface area contributed by atoms with Crippen molar-refractivity contribution < 1.29 is 42.1 Å². The fourth-order valence-corrected chi connectivity index (χ4v) is 3.68. The van der Waals surface area contributed by atoms with Crippen molar-refractivity contribution in [1.29, 1.82) is 0 Å². The summed E-state index contributed by atoms with van der Waals surface area (Å²) in [6.45, 7) is -0.283. The number of hydrogen-bond donors (Lipinski definition) is 2. The molecule has 39 heavy (non-hydrogen) atoms. The first-order chi connectivity index (χ1) is 18.7. The number of benzene rings is 1. The summed E-state index contributed by atoms with van der Waals surface area (Å²) in [5.74, 6) is -4.43. The Morgan fingerprint density at radius 1 is 1.08 bits per heavy atom. The van der Waals surface area contributed by atoms with Crippen molar-refractivity contribution in [3.8, 4) is 0 Å². The summed E-state index contributed by atoms with van der Waals surface area (Å²) in [7, 11) is 1.43. The molecule has 1 aromatic carbocycles. The fraction of sp³-hybridized carbons (Fsp3) is 0.480. The number of para-hydroxylation sites is 1. The van der Waals surface area contributed by atoms with Gasteiger partial charge in [-0.05, 0) is 31.0 Å². The van der Waals surface area contributed by atoms with Gasteiger partial charge in [0.05, 0.1) is 6.61 Å². The summed E-state index contributed by atoms with van der Waals surface area (Å²) in [5, 5.41) is 4.95. The molecule has 212 valence electrons. The minimum Gasteiger partial charge on any atom is -0.463 e. The van der Waals surface area contributed by atoms with Gasteiger partial charge in [-0.3, -0.25) is 19.5 Å². The first-order valence-corrected chi connectivity index (χ1v) is 12.2. The molecular weight excluding hydrogens is 522 g/mol. The number of amides is 2. The lowest BCUT2D eigenvalue weighted by Crippen LogP contribution is -2.35. The Morgan fingerprint density at radius 3 is 2.54 bits per heavy atom. The van der Waals surface area contributed by atoms with Gasteiger partial charge >= 0.3 is 17.8 Å². The van der Waals surface area contributed by atoms with E-state index in [9.17, 15) is 28.0 Å². The zero-order valence-electron chi connectivity index (χ0n) is 21.3. The number of hydrogen-bond acceptors (Lipinski definition) is 9. The molecule has 0 spiro atoms. The second-order valence-electron chi connectivity index (χ2n) is 8.64. The molecule has 2 aromatic rings. The Kier molecular flexibility index (Phi) is 10.9. The lowest BCUT2D eigenvalue weighted by atomic mass is 10.1. The smallest absolute Gasteiger partial charge is 0.412 e. The summed E-state index contributed by atoms with van der Waals surface area (Å²) in [6, 6.07) is 10.1. The SMILES string of the molecule is COCCOC(=O)Nc1ccn([C@@H]2O[C@H](COC(=O)CCCCC(=O)Nc3ccccc3)CC2(F)F)c(=O)n1. The van der Waals surface area contributed by atoms with Gasteiger partial charge in [0.25, 0.3) is 5.92 Å². The average molecular weight is 553 g/mol. The minimum atomic E-state index is -3.44. The molecule has 12 nitrogen and oxygen atoms in total. The quantitative estimate of drug-likeness (QED) is 0.283. The van der Waals surface area contributed by atoms with Crippen LogP contribution in [0.5, 0.6) is 0 Å². The van der Waals surface area contributed by atoms with Gasteiger partial charge in [0.15, 0.2) is 0 Å². The maximum absolute atomic E-state index is 14.6. The van der Waals surface area contributed by atoms with Crippen LogP contribution in [0, 0.1) is 0 Å². The average Bonchev–Trinajstić information content (AvgIpc) is 3.20. The molecule has 1 aliphatic heterocycles. The van der Waals surface area contributed by atoms with Crippen molar-refractivity contribution in [2.75, 3.05) is 37.6 Å². The van der Waals surface area contributed by atoms with Crippen LogP contribution in [0.25, 0.3) is 0 Å². The molecule has 0 bridgehead atoms. The molecule has 0 saturated carbocycles. The zero-order valence-corrected chi connectivity index (χ0v) is 21.3. The highest BCUT2D eigenvalue weighted by atomic mass is 19.3. The van der Waals surface area contributed by atoms with Crippen LogP contribution in [-0.2, 0) is 28.5 Å². The van der Waals surface area contributed by atoms with Crippen LogP contribution >= 0.6 is 0 Å². The third-order valence-corrected chi connectivity index (χ3v) is 5.54. The molecule has 2 N–H and O–H groups in total. The van der Waals surface area contributed by atoms with E-state index in [1.165, 1.54) is 7.11 Å². The number of halogens is 2. The molecule has 2 atom stereocenters. The van der Waals surface area contributed by atoms with Crippen LogP contribution in [-0.4, -0.2) is 66.5 Å². The molecule has 3 rings (SSSR count). The summed E-state index contributed by atoms with van der Waals surface area (Å²) in [5.41, 5.74) is -0.402. The number of rotatable bonds is 13. The molecule has 0 radical (unpaired) electrons. The van der Waals surface area contributed by atoms with Crippen LogP contribution in [0.2, 0.25) is 0 Å². The van der Waals surface area contributed by atoms with Crippen molar-refractivity contribution in [3.63, 3.8) is 0 Å². The van der Waals surface area contributed by atoms with Crippen LogP contribution in [0.4, 0.5) is 25.1 Å². The van der Waals surface area contributed by atoms with E-state index in [0.29, 0.717) is 23.1 Å². The molecule has 1 saturated heterocycles. The number of anilines is 2. The monoisotopic (exact) mass is 552 g/mol. The van der Waals surface area contributed by atoms with Crippen LogP contribution < -0.4 is 16.3 Å². The first kappa shape index (κ1) is 29.6. The second kappa shape index (κ2) is 14.3. The van der Waals surface area contributed by atoms with Gasteiger partial charge in [0.2, 0.25) is 12.1 Å². The number of esters is 1. The highest BCUT2D eigenvalue weighted by molar-refractivity contribution is 5.90. The zero-order chi connectivity index (χ0) is 28.3. The minimum absolute atomic E-state index is 0.0108. The summed E-state index contributed by atoms with van der Waals surface area (Å²) in [4.78, 5) is 51.5. The number of aromatic nitrogens is 2. The molecule has 1 aliphatic rings. The van der Waals surface area contributed by atoms with Crippen LogP contribution in [0.1, 0.15) is 38.3 Å². The Morgan fingerprint density at radius 2 is 1.82 bits per heavy atom. The Balaban J connectivity index is 1.41. The number of carbonyl (C=O) groups excluding carboxylic acids is 3. The number of nitrogens with one attached hydrogen (secondary N) is 2. The summed E-state index contributed by atoms with van der Waals surface area (Å²) >= 11 is 0. The molecule has 2 amide bonds. The van der Waals surface area contributed by atoms with Crippen LogP contribution in [0.15, 0.2) is 47.4 Å². The largest absolute Gasteiger partial charge is 0.463 e. The van der Waals surface area contributed by atoms with Gasteiger partial charge in [-0.25, -0.2) is 18.4 Å². The summed E-state index contributed by atoms with van der Waals surface area (Å²) in [6.07, 6.45) is -2.71. The molecule has 1 fully saturated rings. The van der Waals surface area contributed by atoms with E-state index in [2.05, 4.69) is 15.6 Å². The van der Waals surface area contributed by atoms with Gasteiger partial charge in [-0.15, -0.1) is 0 Å². The van der Waals surface area contributed by atoms with Gasteiger partial charge < -0.3 is 24.3 Å². The summed E-state index contributed by atoms with van der Waals surface area (Å²) < 4.78 is 49.7. The lowest BCUT2D eigenvalue weighted by Gasteiger charge is -2.20. The number of alkyl halides is 2. The Hall–Kier alpha value is -3.91. The van der Waals surface area contributed by atoms with Gasteiger partial charge in [0, 0.05) is 38.3 Å². The standard InChI is InChI=1S/C25H30F2N4O8/c1-36-13-14-37-24(35)30-19-11-12-31(23(34)29-19)22-25(26,27)15-18(39-22)16-38-21(33)10-6-5-9-20(32)28-17-7-3-2-4-8-17/h2-4,7-8,11-12,18,22H,5-6,9-10,13-16H2,1H3,(H,28,32)(H,29,30,34,35)/t18-,22+/m0/s1. The maximum atomic E-state index is 14.6. The molecule has 2 heterocycles. The van der Waals surface area contributed by atoms with Gasteiger partial charge in [-0.1, -0.05) is 18.2 Å². The predicted octanol–water partition coefficient (Wildman–Crippen LogP) is 3.10. The molecule has 0 aliphatic carbocycles. The van der Waals surface area contributed by atoms with Crippen molar-refractivity contribution in [2.24, 2.45) is 0 Å². The highest BCUT2D eigenvalue weighted by Crippen LogP contribution is 2.42. The van der Waals surface area contributed by atoms with Gasteiger partial charge in [-0.2, -0.15) is 4.98 Å². The lowest BCUT2D eigenvalue weighted by molar-refractivity contribution is -0.150. The van der Waals surface area contributed by atoms with E-state index in [1.54, 1.807) is 24.3 Å². The first-order valence-electron chi connectivity index (χ1n) is 12.2. The van der Waals surface area contributed by atoms with Crippen molar-refractivity contribution >= 4 is 29.5 Å². The van der Waals surface area contributed by atoms with Gasteiger partial charge in [0.1, 0.15) is 25.1 Å².